The highest BCUT2D eigenvalue weighted by atomic mass is 15.5. The average molecular weight is 346 g/mol. The van der Waals surface area contributed by atoms with Crippen molar-refractivity contribution in [3.8, 4) is 11.4 Å². The smallest absolute Gasteiger partial charge is 0.170 e. The summed E-state index contributed by atoms with van der Waals surface area (Å²) in [5.41, 5.74) is 3.06. The molecule has 2 aromatic carbocycles. The Morgan fingerprint density at radius 2 is 1.88 bits per heavy atom. The summed E-state index contributed by atoms with van der Waals surface area (Å²) < 4.78 is 3.48. The van der Waals surface area contributed by atoms with Crippen molar-refractivity contribution in [3.63, 3.8) is 0 Å². The van der Waals surface area contributed by atoms with E-state index in [9.17, 15) is 0 Å². The number of nitrogens with one attached hydrogen (secondary N) is 1. The molecule has 8 heteroatoms. The van der Waals surface area contributed by atoms with Gasteiger partial charge >= 0.3 is 0 Å². The number of benzene rings is 2. The lowest BCUT2D eigenvalue weighted by atomic mass is 10.1. The number of hydrogen-bond acceptors (Lipinski definition) is 6. The highest BCUT2D eigenvalue weighted by Crippen LogP contribution is 2.17. The second-order valence-electron chi connectivity index (χ2n) is 5.88. The van der Waals surface area contributed by atoms with Gasteiger partial charge in [0, 0.05) is 6.04 Å². The van der Waals surface area contributed by atoms with Gasteiger partial charge in [0.1, 0.15) is 12.7 Å². The molecule has 0 spiro atoms. The minimum absolute atomic E-state index is 0.124. The molecule has 0 unspecified atom stereocenters. The molecule has 0 amide bonds. The van der Waals surface area contributed by atoms with Crippen LogP contribution in [0.15, 0.2) is 67.3 Å². The molecule has 0 aliphatic carbocycles. The first-order chi connectivity index (χ1) is 12.8. The second kappa shape index (κ2) is 7.24. The van der Waals surface area contributed by atoms with Crippen molar-refractivity contribution in [3.05, 3.63) is 78.6 Å². The van der Waals surface area contributed by atoms with Gasteiger partial charge in [-0.25, -0.2) is 9.67 Å². The lowest BCUT2D eigenvalue weighted by Gasteiger charge is -2.15. The van der Waals surface area contributed by atoms with Crippen molar-refractivity contribution in [1.82, 2.24) is 40.3 Å². The lowest BCUT2D eigenvalue weighted by Crippen LogP contribution is -2.21. The lowest BCUT2D eigenvalue weighted by molar-refractivity contribution is 0.550. The summed E-state index contributed by atoms with van der Waals surface area (Å²) >= 11 is 0. The fourth-order valence-electron chi connectivity index (χ4n) is 2.73. The van der Waals surface area contributed by atoms with Crippen LogP contribution in [0.3, 0.4) is 0 Å². The highest BCUT2D eigenvalue weighted by molar-refractivity contribution is 5.36. The number of para-hydroxylation sites is 1. The van der Waals surface area contributed by atoms with E-state index in [2.05, 4.69) is 50.0 Å². The van der Waals surface area contributed by atoms with Crippen LogP contribution in [0, 0.1) is 0 Å². The first-order valence-corrected chi connectivity index (χ1v) is 8.32. The van der Waals surface area contributed by atoms with Gasteiger partial charge in [-0.2, -0.15) is 9.78 Å². The number of rotatable bonds is 6. The molecule has 2 heterocycles. The molecule has 0 bridgehead atoms. The zero-order chi connectivity index (χ0) is 17.8. The topological polar surface area (TPSA) is 86.3 Å². The number of aromatic nitrogens is 7. The third-order valence-corrected chi connectivity index (χ3v) is 4.15. The average Bonchev–Trinajstić information content (AvgIpc) is 3.39. The summed E-state index contributed by atoms with van der Waals surface area (Å²) in [5, 5.41) is 19.7. The predicted molar refractivity (Wildman–Crippen MR) is 95.8 cm³/mol. The summed E-state index contributed by atoms with van der Waals surface area (Å²) in [6.07, 6.45) is 3.21. The minimum Gasteiger partial charge on any atom is -0.303 e. The Morgan fingerprint density at radius 3 is 2.69 bits per heavy atom. The van der Waals surface area contributed by atoms with Crippen molar-refractivity contribution in [1.29, 1.82) is 0 Å². The Labute approximate surface area is 150 Å². The van der Waals surface area contributed by atoms with Crippen LogP contribution >= 0.6 is 0 Å². The summed E-state index contributed by atoms with van der Waals surface area (Å²) in [4.78, 5) is 3.99. The van der Waals surface area contributed by atoms with Crippen LogP contribution in [0.2, 0.25) is 0 Å². The van der Waals surface area contributed by atoms with E-state index in [1.165, 1.54) is 6.33 Å². The van der Waals surface area contributed by atoms with Crippen LogP contribution < -0.4 is 5.32 Å². The fourth-order valence-corrected chi connectivity index (χ4v) is 2.73. The summed E-state index contributed by atoms with van der Waals surface area (Å²) in [5.74, 6) is 0.760. The summed E-state index contributed by atoms with van der Waals surface area (Å²) in [6, 6.07) is 18.2. The molecule has 1 N–H and O–H groups in total. The monoisotopic (exact) mass is 346 g/mol. The second-order valence-corrected chi connectivity index (χ2v) is 5.88. The number of nitrogens with zero attached hydrogens (tertiary/aromatic N) is 7. The molecule has 8 nitrogen and oxygen atoms in total. The van der Waals surface area contributed by atoms with E-state index in [4.69, 9.17) is 0 Å². The largest absolute Gasteiger partial charge is 0.303 e. The standard InChI is InChI=1S/C18H18N8/c1-14(15-6-5-9-17(10-15)25-13-19-12-21-25)20-11-18-22-23-24-26(18)16-7-3-2-4-8-16/h2-10,12-14,20H,11H2,1H3/t14-/m0/s1. The molecule has 0 saturated carbocycles. The molecule has 26 heavy (non-hydrogen) atoms. The van der Waals surface area contributed by atoms with E-state index >= 15 is 0 Å². The van der Waals surface area contributed by atoms with Crippen LogP contribution in [0.5, 0.6) is 0 Å². The maximum absolute atomic E-state index is 4.17. The minimum atomic E-state index is 0.124. The maximum Gasteiger partial charge on any atom is 0.170 e. The van der Waals surface area contributed by atoms with E-state index < -0.39 is 0 Å². The highest BCUT2D eigenvalue weighted by Gasteiger charge is 2.11. The summed E-state index contributed by atoms with van der Waals surface area (Å²) in [7, 11) is 0. The Kier molecular flexibility index (Phi) is 4.48. The molecule has 4 aromatic rings. The molecular weight excluding hydrogens is 328 g/mol. The molecule has 0 fully saturated rings. The van der Waals surface area contributed by atoms with Gasteiger partial charge in [0.2, 0.25) is 0 Å². The molecule has 0 aliphatic heterocycles. The SMILES string of the molecule is C[C@H](NCc1nnnn1-c1ccccc1)c1cccc(-n2cncn2)c1. The van der Waals surface area contributed by atoms with Crippen molar-refractivity contribution in [2.75, 3.05) is 0 Å². The zero-order valence-corrected chi connectivity index (χ0v) is 14.3. The first kappa shape index (κ1) is 16.1. The Hall–Kier alpha value is -3.39. The van der Waals surface area contributed by atoms with Gasteiger partial charge < -0.3 is 5.32 Å². The quantitative estimate of drug-likeness (QED) is 0.575. The van der Waals surface area contributed by atoms with Crippen LogP contribution in [-0.2, 0) is 6.54 Å². The van der Waals surface area contributed by atoms with Crippen molar-refractivity contribution in [2.24, 2.45) is 0 Å². The molecule has 0 aliphatic rings. The van der Waals surface area contributed by atoms with Gasteiger partial charge in [-0.15, -0.1) is 5.10 Å². The van der Waals surface area contributed by atoms with E-state index in [0.717, 1.165) is 22.8 Å². The third kappa shape index (κ3) is 3.35. The Bertz CT molecular complexity index is 962. The van der Waals surface area contributed by atoms with E-state index in [1.807, 2.05) is 42.5 Å². The van der Waals surface area contributed by atoms with Gasteiger partial charge in [0.25, 0.3) is 0 Å². The molecule has 2 aromatic heterocycles. The van der Waals surface area contributed by atoms with Gasteiger partial charge in [0.15, 0.2) is 5.82 Å². The van der Waals surface area contributed by atoms with Gasteiger partial charge in [0.05, 0.1) is 17.9 Å². The molecular formula is C18H18N8. The molecule has 4 rings (SSSR count). The zero-order valence-electron chi connectivity index (χ0n) is 14.3. The van der Waals surface area contributed by atoms with Crippen LogP contribution in [-0.4, -0.2) is 35.0 Å². The van der Waals surface area contributed by atoms with E-state index in [0.29, 0.717) is 6.54 Å². The predicted octanol–water partition coefficient (Wildman–Crippen LogP) is 2.09. The van der Waals surface area contributed by atoms with Gasteiger partial charge in [-0.3, -0.25) is 0 Å². The fraction of sp³-hybridized carbons (Fsp3) is 0.167. The molecule has 0 radical (unpaired) electrons. The van der Waals surface area contributed by atoms with Crippen LogP contribution in [0.25, 0.3) is 11.4 Å². The Balaban J connectivity index is 1.48. The van der Waals surface area contributed by atoms with Gasteiger partial charge in [-0.05, 0) is 47.2 Å². The van der Waals surface area contributed by atoms with Crippen molar-refractivity contribution in [2.45, 2.75) is 19.5 Å². The number of hydrogen-bond donors (Lipinski definition) is 1. The molecule has 130 valence electrons. The normalized spacial score (nSPS) is 12.2. The van der Waals surface area contributed by atoms with E-state index in [1.54, 1.807) is 15.7 Å². The van der Waals surface area contributed by atoms with Crippen LogP contribution in [0.4, 0.5) is 0 Å². The van der Waals surface area contributed by atoms with Crippen molar-refractivity contribution >= 4 is 0 Å². The molecule has 1 atom stereocenters. The molecule has 0 saturated heterocycles. The van der Waals surface area contributed by atoms with Gasteiger partial charge in [-0.1, -0.05) is 30.3 Å². The summed E-state index contributed by atoms with van der Waals surface area (Å²) in [6.45, 7) is 2.66. The first-order valence-electron chi connectivity index (χ1n) is 8.32. The van der Waals surface area contributed by atoms with Crippen LogP contribution in [0.1, 0.15) is 24.4 Å². The Morgan fingerprint density at radius 1 is 1.04 bits per heavy atom. The van der Waals surface area contributed by atoms with E-state index in [-0.39, 0.29) is 6.04 Å². The third-order valence-electron chi connectivity index (χ3n) is 4.15. The number of tetrazole rings is 1. The maximum atomic E-state index is 4.17. The van der Waals surface area contributed by atoms with Crippen molar-refractivity contribution < 1.29 is 0 Å².